The average Bonchev–Trinajstić information content (AvgIpc) is 2.67. The molecule has 5 nitrogen and oxygen atoms in total. The summed E-state index contributed by atoms with van der Waals surface area (Å²) in [5, 5.41) is 7.09. The van der Waals surface area contributed by atoms with Crippen LogP contribution in [0.4, 0.5) is 52.6 Å². The van der Waals surface area contributed by atoms with Gasteiger partial charge in [-0.2, -0.15) is 26.3 Å². The summed E-state index contributed by atoms with van der Waals surface area (Å²) in [7, 11) is 1.26. The minimum absolute atomic E-state index is 0.0513. The molecule has 0 bridgehead atoms. The molecular weight excluding hydrogens is 433 g/mol. The number of nitrogens with two attached hydrogens (primary N) is 1. The number of aryl methyl sites for hydroxylation is 1. The summed E-state index contributed by atoms with van der Waals surface area (Å²) >= 11 is 0. The summed E-state index contributed by atoms with van der Waals surface area (Å²) in [4.78, 5) is 11.6. The molecule has 0 aliphatic carbocycles. The molecule has 0 radical (unpaired) electrons. The first-order valence-electron chi connectivity index (χ1n) is 8.75. The van der Waals surface area contributed by atoms with Gasteiger partial charge in [0, 0.05) is 24.8 Å². The maximum Gasteiger partial charge on any atom is 0.435 e. The summed E-state index contributed by atoms with van der Waals surface area (Å²) in [6.45, 7) is 1.66. The molecule has 12 heteroatoms. The molecule has 0 fully saturated rings. The van der Waals surface area contributed by atoms with Crippen LogP contribution >= 0.6 is 0 Å². The van der Waals surface area contributed by atoms with Gasteiger partial charge in [0.05, 0.1) is 11.4 Å². The van der Waals surface area contributed by atoms with Crippen LogP contribution in [0.1, 0.15) is 16.7 Å². The molecule has 0 saturated heterocycles. The number of carbonyl (C=O) groups excluding carboxylic acids is 1. The molecule has 2 aromatic carbocycles. The molecule has 2 amide bonds. The van der Waals surface area contributed by atoms with Crippen molar-refractivity contribution < 1.29 is 35.5 Å². The topological polar surface area (TPSA) is 79.2 Å². The summed E-state index contributed by atoms with van der Waals surface area (Å²) in [6, 6.07) is 5.50. The Labute approximate surface area is 172 Å². The number of nitrogen functional groups attached to an aromatic ring is 1. The monoisotopic (exact) mass is 452 g/mol. The molecule has 0 spiro atoms. The van der Waals surface area contributed by atoms with E-state index in [0.717, 1.165) is 6.07 Å². The van der Waals surface area contributed by atoms with Gasteiger partial charge in [0.1, 0.15) is 0 Å². The molecule has 31 heavy (non-hydrogen) atoms. The fourth-order valence-electron chi connectivity index (χ4n) is 2.73. The Morgan fingerprint density at radius 1 is 0.935 bits per heavy atom. The van der Waals surface area contributed by atoms with E-state index in [9.17, 15) is 35.5 Å². The number of benzene rings is 2. The third-order valence-corrected chi connectivity index (χ3v) is 4.49. The van der Waals surface area contributed by atoms with Crippen molar-refractivity contribution in [1.82, 2.24) is 5.32 Å². The van der Waals surface area contributed by atoms with Crippen LogP contribution in [0.3, 0.4) is 0 Å². The lowest BCUT2D eigenvalue weighted by Crippen LogP contribution is -2.50. The van der Waals surface area contributed by atoms with Gasteiger partial charge in [-0.05, 0) is 36.2 Å². The highest BCUT2D eigenvalue weighted by molar-refractivity contribution is 5.93. The molecule has 170 valence electrons. The number of carbonyl (C=O) groups is 1. The summed E-state index contributed by atoms with van der Waals surface area (Å²) < 4.78 is 93.1. The third-order valence-electron chi connectivity index (χ3n) is 4.49. The van der Waals surface area contributed by atoms with Crippen LogP contribution in [0.2, 0.25) is 0 Å². The van der Waals surface area contributed by atoms with Crippen molar-refractivity contribution >= 4 is 23.1 Å². The van der Waals surface area contributed by atoms with Crippen LogP contribution in [-0.4, -0.2) is 25.4 Å². The van der Waals surface area contributed by atoms with Gasteiger partial charge in [-0.3, -0.25) is 0 Å². The fourth-order valence-corrected chi connectivity index (χ4v) is 2.73. The van der Waals surface area contributed by atoms with Gasteiger partial charge in [0.2, 0.25) is 0 Å². The lowest BCUT2D eigenvalue weighted by atomic mass is 9.93. The molecule has 0 unspecified atom stereocenters. The lowest BCUT2D eigenvalue weighted by molar-refractivity contribution is -0.348. The number of anilines is 3. The number of rotatable bonds is 5. The molecule has 2 rings (SSSR count). The number of halogens is 7. The smallest absolute Gasteiger partial charge is 0.399 e. The van der Waals surface area contributed by atoms with Gasteiger partial charge in [0.25, 0.3) is 0 Å². The van der Waals surface area contributed by atoms with E-state index in [2.05, 4.69) is 16.0 Å². The van der Waals surface area contributed by atoms with E-state index in [-0.39, 0.29) is 17.9 Å². The SMILES string of the molecule is CNC(=O)Nc1ccc(C(F)(C(F)(F)F)C(F)(F)F)cc1NCc1ccc(N)c(C)c1. The van der Waals surface area contributed by atoms with Crippen molar-refractivity contribution in [3.05, 3.63) is 53.1 Å². The minimum atomic E-state index is -6.26. The summed E-state index contributed by atoms with van der Waals surface area (Å²) in [5.74, 6) is 0. The zero-order valence-electron chi connectivity index (χ0n) is 16.3. The van der Waals surface area contributed by atoms with Crippen molar-refractivity contribution in [2.45, 2.75) is 31.5 Å². The molecule has 2 aromatic rings. The second kappa shape index (κ2) is 8.52. The number of hydrogen-bond acceptors (Lipinski definition) is 3. The van der Waals surface area contributed by atoms with Crippen molar-refractivity contribution in [1.29, 1.82) is 0 Å². The Morgan fingerprint density at radius 3 is 2.06 bits per heavy atom. The first-order valence-corrected chi connectivity index (χ1v) is 8.75. The van der Waals surface area contributed by atoms with Crippen LogP contribution in [0.5, 0.6) is 0 Å². The minimum Gasteiger partial charge on any atom is -0.399 e. The van der Waals surface area contributed by atoms with E-state index in [1.54, 1.807) is 25.1 Å². The molecule has 0 aliphatic heterocycles. The number of alkyl halides is 7. The molecule has 0 atom stereocenters. The highest BCUT2D eigenvalue weighted by Gasteiger charge is 2.73. The first kappa shape index (κ1) is 24.1. The molecule has 0 heterocycles. The van der Waals surface area contributed by atoms with Crippen molar-refractivity contribution in [2.24, 2.45) is 0 Å². The number of amides is 2. The standard InChI is InChI=1S/C19H19F7N4O/c1-10-7-11(3-5-13(10)27)9-29-15-8-12(4-6-14(15)30-16(31)28-2)17(20,18(21,22)23)19(24,25)26/h3-8,29H,9,27H2,1-2H3,(H2,28,30,31). The van der Waals surface area contributed by atoms with Gasteiger partial charge in [-0.1, -0.05) is 18.2 Å². The second-order valence-electron chi connectivity index (χ2n) is 6.66. The van der Waals surface area contributed by atoms with E-state index < -0.39 is 29.6 Å². The van der Waals surface area contributed by atoms with Crippen LogP contribution < -0.4 is 21.7 Å². The largest absolute Gasteiger partial charge is 0.435 e. The van der Waals surface area contributed by atoms with Gasteiger partial charge in [-0.25, -0.2) is 9.18 Å². The van der Waals surface area contributed by atoms with Crippen LogP contribution in [-0.2, 0) is 12.2 Å². The highest BCUT2D eigenvalue weighted by Crippen LogP contribution is 2.53. The van der Waals surface area contributed by atoms with Crippen molar-refractivity contribution in [2.75, 3.05) is 23.4 Å². The Balaban J connectivity index is 2.51. The van der Waals surface area contributed by atoms with E-state index in [1.807, 2.05) is 0 Å². The average molecular weight is 452 g/mol. The van der Waals surface area contributed by atoms with Gasteiger partial charge < -0.3 is 21.7 Å². The van der Waals surface area contributed by atoms with Crippen LogP contribution in [0.25, 0.3) is 0 Å². The van der Waals surface area contributed by atoms with Gasteiger partial charge in [0.15, 0.2) is 0 Å². The maximum atomic E-state index is 14.4. The lowest BCUT2D eigenvalue weighted by Gasteiger charge is -2.31. The maximum absolute atomic E-state index is 14.4. The molecule has 5 N–H and O–H groups in total. The summed E-state index contributed by atoms with van der Waals surface area (Å²) in [5.41, 5.74) is -0.263. The first-order chi connectivity index (χ1) is 14.2. The predicted molar refractivity (Wildman–Crippen MR) is 102 cm³/mol. The molecule has 0 saturated carbocycles. The Hall–Kier alpha value is -3.18. The molecular formula is C19H19F7N4O. The molecule has 0 aromatic heterocycles. The Kier molecular flexibility index (Phi) is 6.62. The highest BCUT2D eigenvalue weighted by atomic mass is 19.4. The van der Waals surface area contributed by atoms with Gasteiger partial charge in [-0.15, -0.1) is 0 Å². The zero-order valence-corrected chi connectivity index (χ0v) is 16.3. The number of urea groups is 1. The van der Waals surface area contributed by atoms with Crippen molar-refractivity contribution in [3.63, 3.8) is 0 Å². The van der Waals surface area contributed by atoms with Crippen LogP contribution in [0, 0.1) is 6.92 Å². The fraction of sp³-hybridized carbons (Fsp3) is 0.316. The Morgan fingerprint density at radius 2 is 1.55 bits per heavy atom. The van der Waals surface area contributed by atoms with Crippen molar-refractivity contribution in [3.8, 4) is 0 Å². The quantitative estimate of drug-likeness (QED) is 0.371. The Bertz CT molecular complexity index is 943. The number of nitrogens with one attached hydrogen (secondary N) is 3. The third kappa shape index (κ3) is 4.94. The zero-order chi connectivity index (χ0) is 23.6. The van der Waals surface area contributed by atoms with E-state index in [4.69, 9.17) is 5.73 Å². The predicted octanol–water partition coefficient (Wildman–Crippen LogP) is 5.23. The van der Waals surface area contributed by atoms with E-state index >= 15 is 0 Å². The number of hydrogen-bond donors (Lipinski definition) is 4. The summed E-state index contributed by atoms with van der Waals surface area (Å²) in [6.07, 6.45) is -12.5. The van der Waals surface area contributed by atoms with Gasteiger partial charge >= 0.3 is 24.1 Å². The van der Waals surface area contributed by atoms with E-state index in [0.29, 0.717) is 28.9 Å². The molecule has 0 aliphatic rings. The van der Waals surface area contributed by atoms with Crippen LogP contribution in [0.15, 0.2) is 36.4 Å². The van der Waals surface area contributed by atoms with E-state index in [1.165, 1.54) is 7.05 Å². The normalized spacial score (nSPS) is 12.4. The second-order valence-corrected chi connectivity index (χ2v) is 6.66.